The van der Waals surface area contributed by atoms with Crippen LogP contribution in [0.25, 0.3) is 0 Å². The van der Waals surface area contributed by atoms with E-state index in [-0.39, 0.29) is 23.8 Å². The number of aryl methyl sites for hydroxylation is 1. The molecule has 3 aromatic rings. The second kappa shape index (κ2) is 10.5. The molecular formula is C28H32N4O4. The monoisotopic (exact) mass is 488 g/mol. The lowest BCUT2D eigenvalue weighted by atomic mass is 9.95. The summed E-state index contributed by atoms with van der Waals surface area (Å²) >= 11 is 0. The van der Waals surface area contributed by atoms with Crippen molar-refractivity contribution in [3.05, 3.63) is 82.9 Å². The quantitative estimate of drug-likeness (QED) is 0.573. The number of aromatic nitrogens is 2. The summed E-state index contributed by atoms with van der Waals surface area (Å²) in [5.41, 5.74) is 4.55. The molecule has 8 heteroatoms. The van der Waals surface area contributed by atoms with Crippen LogP contribution in [-0.4, -0.2) is 46.5 Å². The first-order chi connectivity index (χ1) is 17.5. The third kappa shape index (κ3) is 4.99. The van der Waals surface area contributed by atoms with Crippen LogP contribution in [0.2, 0.25) is 0 Å². The smallest absolute Gasteiger partial charge is 0.274 e. The molecule has 2 aliphatic rings. The van der Waals surface area contributed by atoms with Crippen LogP contribution in [0.15, 0.2) is 54.9 Å². The Bertz CT molecular complexity index is 1230. The van der Waals surface area contributed by atoms with Gasteiger partial charge in [-0.25, -0.2) is 4.98 Å². The first kappa shape index (κ1) is 24.1. The Kier molecular flexibility index (Phi) is 7.04. The molecule has 1 fully saturated rings. The summed E-state index contributed by atoms with van der Waals surface area (Å²) in [6.07, 6.45) is 2.95. The van der Waals surface area contributed by atoms with Crippen molar-refractivity contribution in [3.8, 4) is 5.75 Å². The maximum atomic E-state index is 13.3. The van der Waals surface area contributed by atoms with Crippen LogP contribution in [0.1, 0.15) is 51.8 Å². The number of rotatable bonds is 6. The number of amides is 2. The number of carbonyl (C=O) groups excluding carboxylic acids is 2. The van der Waals surface area contributed by atoms with Gasteiger partial charge in [0.15, 0.2) is 5.69 Å². The molecule has 3 heterocycles. The number of methoxy groups -OCH3 is 1. The van der Waals surface area contributed by atoms with Crippen molar-refractivity contribution in [2.45, 2.75) is 45.6 Å². The van der Waals surface area contributed by atoms with Gasteiger partial charge in [-0.1, -0.05) is 48.0 Å². The molecule has 1 atom stereocenters. The van der Waals surface area contributed by atoms with E-state index in [4.69, 9.17) is 9.47 Å². The van der Waals surface area contributed by atoms with Crippen molar-refractivity contribution < 1.29 is 19.1 Å². The topological polar surface area (TPSA) is 85.7 Å². The Morgan fingerprint density at radius 3 is 2.61 bits per heavy atom. The highest BCUT2D eigenvalue weighted by molar-refractivity contribution is 5.93. The Morgan fingerprint density at radius 2 is 1.86 bits per heavy atom. The van der Waals surface area contributed by atoms with E-state index in [1.165, 1.54) is 5.56 Å². The highest BCUT2D eigenvalue weighted by Crippen LogP contribution is 2.29. The fraction of sp³-hybridized carbons (Fsp3) is 0.393. The summed E-state index contributed by atoms with van der Waals surface area (Å²) in [6.45, 7) is 4.53. The summed E-state index contributed by atoms with van der Waals surface area (Å²) in [6, 6.07) is 16.0. The lowest BCUT2D eigenvalue weighted by Crippen LogP contribution is -2.43. The maximum Gasteiger partial charge on any atom is 0.274 e. The van der Waals surface area contributed by atoms with Crippen LogP contribution in [-0.2, 0) is 29.2 Å². The fourth-order valence-electron chi connectivity index (χ4n) is 4.96. The van der Waals surface area contributed by atoms with E-state index in [1.54, 1.807) is 18.3 Å². The van der Waals surface area contributed by atoms with Crippen molar-refractivity contribution in [2.24, 2.45) is 5.92 Å². The van der Waals surface area contributed by atoms with Gasteiger partial charge in [0.05, 0.1) is 32.3 Å². The van der Waals surface area contributed by atoms with Gasteiger partial charge in [0, 0.05) is 31.1 Å². The Hall–Kier alpha value is -3.65. The van der Waals surface area contributed by atoms with Crippen LogP contribution >= 0.6 is 0 Å². The molecule has 5 rings (SSSR count). The van der Waals surface area contributed by atoms with E-state index in [9.17, 15) is 9.59 Å². The number of hydrogen-bond donors (Lipinski definition) is 1. The van der Waals surface area contributed by atoms with Crippen LogP contribution in [0.3, 0.4) is 0 Å². The van der Waals surface area contributed by atoms with E-state index in [0.29, 0.717) is 51.3 Å². The lowest BCUT2D eigenvalue weighted by Gasteiger charge is -2.31. The van der Waals surface area contributed by atoms with Gasteiger partial charge in [-0.05, 0) is 31.4 Å². The first-order valence-corrected chi connectivity index (χ1v) is 12.4. The van der Waals surface area contributed by atoms with Gasteiger partial charge in [0.1, 0.15) is 11.9 Å². The van der Waals surface area contributed by atoms with Crippen LogP contribution in [0.5, 0.6) is 5.75 Å². The van der Waals surface area contributed by atoms with Gasteiger partial charge in [-0.2, -0.15) is 0 Å². The number of benzene rings is 2. The lowest BCUT2D eigenvalue weighted by molar-refractivity contribution is -0.126. The average molecular weight is 489 g/mol. The van der Waals surface area contributed by atoms with E-state index < -0.39 is 0 Å². The first-order valence-electron chi connectivity index (χ1n) is 12.4. The summed E-state index contributed by atoms with van der Waals surface area (Å²) in [4.78, 5) is 32.3. The number of carbonyl (C=O) groups is 2. The van der Waals surface area contributed by atoms with Crippen LogP contribution in [0.4, 0.5) is 0 Å². The third-order valence-electron chi connectivity index (χ3n) is 7.18. The van der Waals surface area contributed by atoms with Crippen LogP contribution in [0, 0.1) is 12.8 Å². The molecule has 1 N–H and O–H groups in total. The van der Waals surface area contributed by atoms with E-state index in [0.717, 1.165) is 22.6 Å². The van der Waals surface area contributed by atoms with E-state index >= 15 is 0 Å². The molecule has 0 saturated carbocycles. The van der Waals surface area contributed by atoms with Crippen molar-refractivity contribution >= 4 is 11.8 Å². The molecule has 1 unspecified atom stereocenters. The second-order valence-electron chi connectivity index (χ2n) is 9.50. The Labute approximate surface area is 211 Å². The highest BCUT2D eigenvalue weighted by Gasteiger charge is 2.32. The molecular weight excluding hydrogens is 456 g/mol. The summed E-state index contributed by atoms with van der Waals surface area (Å²) in [5.74, 6) is 0.575. The molecule has 0 radical (unpaired) electrons. The predicted octanol–water partition coefficient (Wildman–Crippen LogP) is 3.64. The third-order valence-corrected chi connectivity index (χ3v) is 7.18. The van der Waals surface area contributed by atoms with Crippen LogP contribution < -0.4 is 10.1 Å². The summed E-state index contributed by atoms with van der Waals surface area (Å²) < 4.78 is 13.5. The summed E-state index contributed by atoms with van der Waals surface area (Å²) in [5, 5.41) is 3.02. The predicted molar refractivity (Wildman–Crippen MR) is 134 cm³/mol. The standard InChI is InChI=1S/C28H32N4O4/c1-19-7-9-20(10-8-19)25-16-32-18-30-26(23(32)17-36-25)28(34)31-13-11-21(12-14-31)27(33)29-15-22-5-3-4-6-24(22)35-2/h3-10,18,21,25H,11-17H2,1-2H3,(H,29,33). The molecule has 2 aromatic carbocycles. The maximum absolute atomic E-state index is 13.3. The largest absolute Gasteiger partial charge is 0.496 e. The number of ether oxygens (including phenoxy) is 2. The zero-order valence-electron chi connectivity index (χ0n) is 20.8. The molecule has 1 saturated heterocycles. The van der Waals surface area contributed by atoms with Gasteiger partial charge < -0.3 is 24.3 Å². The normalized spacial score (nSPS) is 17.9. The molecule has 1 aromatic heterocycles. The highest BCUT2D eigenvalue weighted by atomic mass is 16.5. The minimum Gasteiger partial charge on any atom is -0.496 e. The number of fused-ring (bicyclic) bond motifs is 1. The molecule has 0 bridgehead atoms. The van der Waals surface area contributed by atoms with Crippen molar-refractivity contribution in [1.29, 1.82) is 0 Å². The number of para-hydroxylation sites is 1. The second-order valence-corrected chi connectivity index (χ2v) is 9.50. The number of nitrogens with one attached hydrogen (secondary N) is 1. The Morgan fingerprint density at radius 1 is 1.11 bits per heavy atom. The molecule has 2 amide bonds. The zero-order valence-corrected chi connectivity index (χ0v) is 20.8. The van der Waals surface area contributed by atoms with Gasteiger partial charge in [-0.15, -0.1) is 0 Å². The van der Waals surface area contributed by atoms with Gasteiger partial charge in [0.2, 0.25) is 5.91 Å². The van der Waals surface area contributed by atoms with Gasteiger partial charge in [-0.3, -0.25) is 9.59 Å². The molecule has 36 heavy (non-hydrogen) atoms. The zero-order chi connectivity index (χ0) is 25.1. The molecule has 0 spiro atoms. The minimum absolute atomic E-state index is 0.0166. The summed E-state index contributed by atoms with van der Waals surface area (Å²) in [7, 11) is 1.62. The number of hydrogen-bond acceptors (Lipinski definition) is 5. The number of likely N-dealkylation sites (tertiary alicyclic amines) is 1. The molecule has 188 valence electrons. The van der Waals surface area contributed by atoms with Crippen molar-refractivity contribution in [3.63, 3.8) is 0 Å². The average Bonchev–Trinajstić information content (AvgIpc) is 3.35. The SMILES string of the molecule is COc1ccccc1CNC(=O)C1CCN(C(=O)c2ncn3c2COC(c2ccc(C)cc2)C3)CC1. The van der Waals surface area contributed by atoms with E-state index in [1.807, 2.05) is 28.8 Å². The Balaban J connectivity index is 1.15. The molecule has 2 aliphatic heterocycles. The fourth-order valence-corrected chi connectivity index (χ4v) is 4.96. The van der Waals surface area contributed by atoms with Crippen molar-refractivity contribution in [2.75, 3.05) is 20.2 Å². The number of piperidine rings is 1. The number of imidazole rings is 1. The van der Waals surface area contributed by atoms with Gasteiger partial charge in [0.25, 0.3) is 5.91 Å². The molecule has 0 aliphatic carbocycles. The minimum atomic E-state index is -0.113. The van der Waals surface area contributed by atoms with Gasteiger partial charge >= 0.3 is 0 Å². The van der Waals surface area contributed by atoms with E-state index in [2.05, 4.69) is 41.5 Å². The number of nitrogens with zero attached hydrogens (tertiary/aromatic N) is 3. The van der Waals surface area contributed by atoms with Crippen molar-refractivity contribution in [1.82, 2.24) is 19.8 Å². The molecule has 8 nitrogen and oxygen atoms in total.